The number of carbonyl (C=O) groups excluding carboxylic acids is 2. The van der Waals surface area contributed by atoms with Crippen LogP contribution in [0.1, 0.15) is 30.5 Å². The number of carbonyl (C=O) groups is 2. The highest BCUT2D eigenvalue weighted by Gasteiger charge is 2.30. The Morgan fingerprint density at radius 2 is 1.53 bits per heavy atom. The van der Waals surface area contributed by atoms with Crippen LogP contribution < -0.4 is 10.1 Å². The van der Waals surface area contributed by atoms with Crippen molar-refractivity contribution in [3.8, 4) is 5.75 Å². The lowest BCUT2D eigenvalue weighted by molar-refractivity contribution is -0.142. The number of rotatable bonds is 11. The molecule has 1 N–H and O–H groups in total. The van der Waals surface area contributed by atoms with E-state index < -0.39 is 6.04 Å². The lowest BCUT2D eigenvalue weighted by atomic mass is 10.0. The Morgan fingerprint density at radius 1 is 0.842 bits per heavy atom. The Balaban J connectivity index is 1.64. The van der Waals surface area contributed by atoms with Gasteiger partial charge in [-0.3, -0.25) is 9.59 Å². The Hall–Kier alpha value is -4.12. The van der Waals surface area contributed by atoms with E-state index in [-0.39, 0.29) is 18.4 Å². The molecule has 0 heterocycles. The molecule has 4 aromatic rings. The smallest absolute Gasteiger partial charge is 0.261 e. The molecule has 196 valence electrons. The summed E-state index contributed by atoms with van der Waals surface area (Å²) in [4.78, 5) is 29.1. The van der Waals surface area contributed by atoms with Crippen LogP contribution in [0.2, 0.25) is 0 Å². The highest BCUT2D eigenvalue weighted by atomic mass is 16.5. The van der Waals surface area contributed by atoms with Gasteiger partial charge in [0.1, 0.15) is 11.8 Å². The van der Waals surface area contributed by atoms with E-state index in [0.29, 0.717) is 31.2 Å². The largest absolute Gasteiger partial charge is 0.483 e. The monoisotopic (exact) mass is 508 g/mol. The van der Waals surface area contributed by atoms with Gasteiger partial charge in [0.2, 0.25) is 5.91 Å². The number of hydrogen-bond donors (Lipinski definition) is 1. The lowest BCUT2D eigenvalue weighted by Crippen LogP contribution is -2.52. The molecule has 0 saturated carbocycles. The van der Waals surface area contributed by atoms with Crippen molar-refractivity contribution >= 4 is 22.6 Å². The summed E-state index contributed by atoms with van der Waals surface area (Å²) in [6.45, 7) is 6.83. The standard InChI is InChI=1S/C33H36N2O3/c1-24(2)21-34-33(37)30(20-26-12-5-4-6-13-26)35(22-27-14-9-11-25(3)19-27)32(36)23-38-31-18-10-16-28-15-7-8-17-29(28)31/h4-19,24,30H,20-23H2,1-3H3,(H,34,37). The fourth-order valence-corrected chi connectivity index (χ4v) is 4.53. The summed E-state index contributed by atoms with van der Waals surface area (Å²) in [6.07, 6.45) is 0.413. The van der Waals surface area contributed by atoms with Crippen LogP contribution in [0.25, 0.3) is 10.8 Å². The highest BCUT2D eigenvalue weighted by Crippen LogP contribution is 2.25. The number of fused-ring (bicyclic) bond motifs is 1. The van der Waals surface area contributed by atoms with Crippen molar-refractivity contribution in [3.63, 3.8) is 0 Å². The van der Waals surface area contributed by atoms with Crippen molar-refractivity contribution < 1.29 is 14.3 Å². The van der Waals surface area contributed by atoms with Crippen LogP contribution in [0.4, 0.5) is 0 Å². The molecule has 5 heteroatoms. The number of nitrogens with one attached hydrogen (secondary N) is 1. The summed E-state index contributed by atoms with van der Waals surface area (Å²) in [5.74, 6) is 0.552. The van der Waals surface area contributed by atoms with Crippen molar-refractivity contribution in [2.24, 2.45) is 5.92 Å². The number of amides is 2. The second-order valence-electron chi connectivity index (χ2n) is 10.1. The first kappa shape index (κ1) is 26.9. The topological polar surface area (TPSA) is 58.6 Å². The molecular formula is C33H36N2O3. The van der Waals surface area contributed by atoms with Gasteiger partial charge in [-0.05, 0) is 35.4 Å². The van der Waals surface area contributed by atoms with Crippen LogP contribution in [0.15, 0.2) is 97.1 Å². The maximum absolute atomic E-state index is 13.8. The fourth-order valence-electron chi connectivity index (χ4n) is 4.53. The third kappa shape index (κ3) is 7.22. The van der Waals surface area contributed by atoms with Crippen LogP contribution in [0.3, 0.4) is 0 Å². The molecule has 1 unspecified atom stereocenters. The van der Waals surface area contributed by atoms with Crippen LogP contribution in [-0.2, 0) is 22.6 Å². The molecule has 4 aromatic carbocycles. The Labute approximate surface area is 225 Å². The summed E-state index contributed by atoms with van der Waals surface area (Å²) < 4.78 is 6.08. The minimum Gasteiger partial charge on any atom is -0.483 e. The van der Waals surface area contributed by atoms with E-state index in [1.165, 1.54) is 0 Å². The van der Waals surface area contributed by atoms with E-state index in [0.717, 1.165) is 27.5 Å². The minimum atomic E-state index is -0.680. The molecule has 0 aromatic heterocycles. The molecule has 4 rings (SSSR count). The quantitative estimate of drug-likeness (QED) is 0.273. The van der Waals surface area contributed by atoms with E-state index in [1.807, 2.05) is 97.9 Å². The number of hydrogen-bond acceptors (Lipinski definition) is 3. The first-order valence-electron chi connectivity index (χ1n) is 13.2. The van der Waals surface area contributed by atoms with Crippen LogP contribution in [0.5, 0.6) is 5.75 Å². The summed E-state index contributed by atoms with van der Waals surface area (Å²) >= 11 is 0. The van der Waals surface area contributed by atoms with Gasteiger partial charge >= 0.3 is 0 Å². The van der Waals surface area contributed by atoms with Gasteiger partial charge in [-0.2, -0.15) is 0 Å². The second kappa shape index (κ2) is 12.9. The molecule has 0 aliphatic rings. The zero-order valence-corrected chi connectivity index (χ0v) is 22.4. The van der Waals surface area contributed by atoms with E-state index in [2.05, 4.69) is 25.2 Å². The molecule has 5 nitrogen and oxygen atoms in total. The van der Waals surface area contributed by atoms with E-state index in [1.54, 1.807) is 4.90 Å². The Morgan fingerprint density at radius 3 is 2.29 bits per heavy atom. The van der Waals surface area contributed by atoms with Gasteiger partial charge in [0.25, 0.3) is 5.91 Å². The van der Waals surface area contributed by atoms with Crippen molar-refractivity contribution in [2.45, 2.75) is 39.8 Å². The summed E-state index contributed by atoms with van der Waals surface area (Å²) in [5.41, 5.74) is 3.07. The first-order chi connectivity index (χ1) is 18.4. The molecule has 0 radical (unpaired) electrons. The zero-order valence-electron chi connectivity index (χ0n) is 22.4. The van der Waals surface area contributed by atoms with Crippen LogP contribution in [-0.4, -0.2) is 35.9 Å². The Kier molecular flexibility index (Phi) is 9.15. The summed E-state index contributed by atoms with van der Waals surface area (Å²) in [5, 5.41) is 5.05. The normalized spacial score (nSPS) is 11.8. The van der Waals surface area contributed by atoms with Gasteiger partial charge in [-0.1, -0.05) is 110 Å². The van der Waals surface area contributed by atoms with Crippen molar-refractivity contribution in [3.05, 3.63) is 114 Å². The van der Waals surface area contributed by atoms with E-state index in [4.69, 9.17) is 4.74 Å². The second-order valence-corrected chi connectivity index (χ2v) is 10.1. The van der Waals surface area contributed by atoms with Gasteiger partial charge in [0.05, 0.1) is 0 Å². The van der Waals surface area contributed by atoms with Crippen molar-refractivity contribution in [1.29, 1.82) is 0 Å². The van der Waals surface area contributed by atoms with Crippen molar-refractivity contribution in [2.75, 3.05) is 13.2 Å². The van der Waals surface area contributed by atoms with E-state index >= 15 is 0 Å². The molecule has 0 saturated heterocycles. The number of nitrogens with zero attached hydrogens (tertiary/aromatic N) is 1. The predicted molar refractivity (Wildman–Crippen MR) is 153 cm³/mol. The van der Waals surface area contributed by atoms with Crippen molar-refractivity contribution in [1.82, 2.24) is 10.2 Å². The van der Waals surface area contributed by atoms with Gasteiger partial charge in [0.15, 0.2) is 6.61 Å². The molecule has 0 aliphatic heterocycles. The van der Waals surface area contributed by atoms with Gasteiger partial charge in [0, 0.05) is 24.9 Å². The maximum atomic E-state index is 13.8. The summed E-state index contributed by atoms with van der Waals surface area (Å²) in [6, 6.07) is 30.9. The lowest BCUT2D eigenvalue weighted by Gasteiger charge is -2.32. The highest BCUT2D eigenvalue weighted by molar-refractivity contribution is 5.90. The number of aryl methyl sites for hydroxylation is 1. The minimum absolute atomic E-state index is 0.159. The fraction of sp³-hybridized carbons (Fsp3) is 0.273. The molecule has 2 amide bonds. The molecule has 0 bridgehead atoms. The average Bonchev–Trinajstić information content (AvgIpc) is 2.93. The maximum Gasteiger partial charge on any atom is 0.261 e. The number of benzene rings is 4. The third-order valence-corrected chi connectivity index (χ3v) is 6.49. The van der Waals surface area contributed by atoms with E-state index in [9.17, 15) is 9.59 Å². The molecule has 0 aliphatic carbocycles. The zero-order chi connectivity index (χ0) is 26.9. The molecule has 38 heavy (non-hydrogen) atoms. The van der Waals surface area contributed by atoms with Crippen LogP contribution >= 0.6 is 0 Å². The number of ether oxygens (including phenoxy) is 1. The predicted octanol–water partition coefficient (Wildman–Crippen LogP) is 5.94. The molecule has 0 fully saturated rings. The Bertz CT molecular complexity index is 1360. The molecule has 0 spiro atoms. The summed E-state index contributed by atoms with van der Waals surface area (Å²) in [7, 11) is 0. The molecule has 1 atom stereocenters. The average molecular weight is 509 g/mol. The third-order valence-electron chi connectivity index (χ3n) is 6.49. The SMILES string of the molecule is Cc1cccc(CN(C(=O)COc2cccc3ccccc23)C(Cc2ccccc2)C(=O)NCC(C)C)c1. The molecular weight excluding hydrogens is 472 g/mol. The van der Waals surface area contributed by atoms with Gasteiger partial charge < -0.3 is 15.0 Å². The first-order valence-corrected chi connectivity index (χ1v) is 13.2. The van der Waals surface area contributed by atoms with Gasteiger partial charge in [-0.25, -0.2) is 0 Å². The van der Waals surface area contributed by atoms with Gasteiger partial charge in [-0.15, -0.1) is 0 Å². The van der Waals surface area contributed by atoms with Crippen LogP contribution in [0, 0.1) is 12.8 Å².